The van der Waals surface area contributed by atoms with Crippen molar-refractivity contribution in [2.75, 3.05) is 7.05 Å². The second-order valence-corrected chi connectivity index (χ2v) is 4.05. The zero-order valence-electron chi connectivity index (χ0n) is 10.2. The maximum absolute atomic E-state index is 11.1. The molecule has 0 fully saturated rings. The van der Waals surface area contributed by atoms with Crippen molar-refractivity contribution in [3.05, 3.63) is 30.1 Å². The molecule has 0 saturated heterocycles. The third kappa shape index (κ3) is 2.40. The molecule has 0 unspecified atom stereocenters. The van der Waals surface area contributed by atoms with Gasteiger partial charge in [0.05, 0.1) is 0 Å². The van der Waals surface area contributed by atoms with E-state index in [0.717, 1.165) is 23.7 Å². The molecule has 0 aliphatic rings. The summed E-state index contributed by atoms with van der Waals surface area (Å²) in [6, 6.07) is 3.69. The Morgan fingerprint density at radius 3 is 3.11 bits per heavy atom. The van der Waals surface area contributed by atoms with E-state index in [9.17, 15) is 9.59 Å². The average molecular weight is 245 g/mol. The summed E-state index contributed by atoms with van der Waals surface area (Å²) in [6.07, 6.45) is 5.51. The number of nitrogens with one attached hydrogen (secondary N) is 1. The number of rotatable bonds is 5. The zero-order valence-corrected chi connectivity index (χ0v) is 10.2. The Labute approximate surface area is 105 Å². The molecule has 0 aliphatic heterocycles. The number of hydrogen-bond donors (Lipinski definition) is 1. The number of fused-ring (bicyclic) bond motifs is 1. The van der Waals surface area contributed by atoms with E-state index < -0.39 is 0 Å². The first-order valence-electron chi connectivity index (χ1n) is 5.86. The average Bonchev–Trinajstić information content (AvgIpc) is 2.77. The molecule has 0 spiro atoms. The van der Waals surface area contributed by atoms with Crippen LogP contribution in [0.1, 0.15) is 23.2 Å². The smallest absolute Gasteiger partial charge is 0.219 e. The van der Waals surface area contributed by atoms with Crippen LogP contribution in [0.5, 0.6) is 0 Å². The van der Waals surface area contributed by atoms with Gasteiger partial charge in [-0.1, -0.05) is 0 Å². The molecule has 2 heterocycles. The summed E-state index contributed by atoms with van der Waals surface area (Å²) in [6.45, 7) is 0.675. The van der Waals surface area contributed by atoms with Gasteiger partial charge in [-0.05, 0) is 18.6 Å². The lowest BCUT2D eigenvalue weighted by Crippen LogP contribution is -2.17. The molecule has 94 valence electrons. The predicted molar refractivity (Wildman–Crippen MR) is 68.4 cm³/mol. The quantitative estimate of drug-likeness (QED) is 0.809. The van der Waals surface area contributed by atoms with Crippen LogP contribution in [0.25, 0.3) is 11.0 Å². The molecule has 5 nitrogen and oxygen atoms in total. The zero-order chi connectivity index (χ0) is 13.0. The molecular formula is C13H15N3O2. The summed E-state index contributed by atoms with van der Waals surface area (Å²) in [5.74, 6) is 0.0232. The summed E-state index contributed by atoms with van der Waals surface area (Å²) >= 11 is 0. The van der Waals surface area contributed by atoms with Crippen molar-refractivity contribution in [2.24, 2.45) is 0 Å². The van der Waals surface area contributed by atoms with Crippen molar-refractivity contribution in [3.8, 4) is 0 Å². The minimum absolute atomic E-state index is 0.0232. The van der Waals surface area contributed by atoms with Crippen LogP contribution in [0, 0.1) is 0 Å². The Morgan fingerprint density at radius 2 is 2.39 bits per heavy atom. The Balaban J connectivity index is 2.18. The number of aromatic nitrogens is 2. The molecule has 0 atom stereocenters. The van der Waals surface area contributed by atoms with Crippen LogP contribution >= 0.6 is 0 Å². The number of hydrogen-bond acceptors (Lipinski definition) is 3. The molecule has 1 amide bonds. The molecule has 0 aliphatic carbocycles. The van der Waals surface area contributed by atoms with Gasteiger partial charge >= 0.3 is 0 Å². The van der Waals surface area contributed by atoms with Crippen LogP contribution in [0.4, 0.5) is 0 Å². The second-order valence-electron chi connectivity index (χ2n) is 4.05. The first kappa shape index (κ1) is 12.3. The third-order valence-corrected chi connectivity index (χ3v) is 2.87. The summed E-state index contributed by atoms with van der Waals surface area (Å²) < 4.78 is 1.92. The summed E-state index contributed by atoms with van der Waals surface area (Å²) in [5, 5.41) is 3.44. The van der Waals surface area contributed by atoms with Crippen molar-refractivity contribution < 1.29 is 9.59 Å². The molecule has 0 bridgehead atoms. The van der Waals surface area contributed by atoms with E-state index in [1.807, 2.05) is 16.7 Å². The fourth-order valence-electron chi connectivity index (χ4n) is 1.95. The van der Waals surface area contributed by atoms with Crippen molar-refractivity contribution in [2.45, 2.75) is 19.4 Å². The SMILES string of the molecule is CNC(=O)CCCn1cc(C=O)c2cccnc21. The Hall–Kier alpha value is -2.17. The van der Waals surface area contributed by atoms with Crippen molar-refractivity contribution in [3.63, 3.8) is 0 Å². The van der Waals surface area contributed by atoms with E-state index in [1.54, 1.807) is 19.4 Å². The van der Waals surface area contributed by atoms with Crippen molar-refractivity contribution in [1.29, 1.82) is 0 Å². The summed E-state index contributed by atoms with van der Waals surface area (Å²) in [7, 11) is 1.62. The number of carbonyl (C=O) groups is 2. The van der Waals surface area contributed by atoms with E-state index in [2.05, 4.69) is 10.3 Å². The lowest BCUT2D eigenvalue weighted by atomic mass is 10.2. The molecule has 0 radical (unpaired) electrons. The number of amides is 1. The topological polar surface area (TPSA) is 64.0 Å². The summed E-state index contributed by atoms with van der Waals surface area (Å²) in [5.41, 5.74) is 1.43. The number of aldehydes is 1. The van der Waals surface area contributed by atoms with Gasteiger partial charge in [-0.2, -0.15) is 0 Å². The van der Waals surface area contributed by atoms with Gasteiger partial charge in [0.1, 0.15) is 5.65 Å². The van der Waals surface area contributed by atoms with Crippen LogP contribution in [-0.4, -0.2) is 28.8 Å². The fourth-order valence-corrected chi connectivity index (χ4v) is 1.95. The number of carbonyl (C=O) groups excluding carboxylic acids is 2. The maximum Gasteiger partial charge on any atom is 0.219 e. The maximum atomic E-state index is 11.1. The van der Waals surface area contributed by atoms with Gasteiger partial charge in [-0.3, -0.25) is 9.59 Å². The molecule has 2 aromatic rings. The van der Waals surface area contributed by atoms with Gasteiger partial charge in [0, 0.05) is 43.4 Å². The largest absolute Gasteiger partial charge is 0.359 e. The van der Waals surface area contributed by atoms with Gasteiger partial charge in [0.2, 0.25) is 5.91 Å². The highest BCUT2D eigenvalue weighted by Gasteiger charge is 2.08. The number of pyridine rings is 1. The Bertz CT molecular complexity index is 575. The number of nitrogens with zero attached hydrogens (tertiary/aromatic N) is 2. The fraction of sp³-hybridized carbons (Fsp3) is 0.308. The molecule has 2 rings (SSSR count). The van der Waals surface area contributed by atoms with Gasteiger partial charge in [-0.25, -0.2) is 4.98 Å². The normalized spacial score (nSPS) is 10.5. The molecule has 1 N–H and O–H groups in total. The van der Waals surface area contributed by atoms with Crippen LogP contribution < -0.4 is 5.32 Å². The second kappa shape index (κ2) is 5.44. The van der Waals surface area contributed by atoms with Crippen molar-refractivity contribution >= 4 is 23.2 Å². The van der Waals surface area contributed by atoms with E-state index in [-0.39, 0.29) is 5.91 Å². The number of aryl methyl sites for hydroxylation is 1. The van der Waals surface area contributed by atoms with Crippen LogP contribution in [0.3, 0.4) is 0 Å². The third-order valence-electron chi connectivity index (χ3n) is 2.87. The first-order chi connectivity index (χ1) is 8.76. The van der Waals surface area contributed by atoms with E-state index in [1.165, 1.54) is 0 Å². The van der Waals surface area contributed by atoms with Gasteiger partial charge in [0.25, 0.3) is 0 Å². The highest BCUT2D eigenvalue weighted by Crippen LogP contribution is 2.18. The highest BCUT2D eigenvalue weighted by atomic mass is 16.1. The molecule has 0 saturated carbocycles. The van der Waals surface area contributed by atoms with Crippen LogP contribution in [-0.2, 0) is 11.3 Å². The van der Waals surface area contributed by atoms with E-state index >= 15 is 0 Å². The molecule has 0 aromatic carbocycles. The standard InChI is InChI=1S/C13H15N3O2/c1-14-12(18)5-3-7-16-8-10(9-17)11-4-2-6-15-13(11)16/h2,4,6,8-9H,3,5,7H2,1H3,(H,14,18). The molecule has 18 heavy (non-hydrogen) atoms. The Morgan fingerprint density at radius 1 is 1.56 bits per heavy atom. The highest BCUT2D eigenvalue weighted by molar-refractivity contribution is 5.95. The van der Waals surface area contributed by atoms with Gasteiger partial charge < -0.3 is 9.88 Å². The molecule has 2 aromatic heterocycles. The van der Waals surface area contributed by atoms with Gasteiger partial charge in [0.15, 0.2) is 6.29 Å². The van der Waals surface area contributed by atoms with Crippen molar-refractivity contribution in [1.82, 2.24) is 14.9 Å². The lowest BCUT2D eigenvalue weighted by molar-refractivity contribution is -0.120. The molecule has 5 heteroatoms. The van der Waals surface area contributed by atoms with Crippen LogP contribution in [0.2, 0.25) is 0 Å². The first-order valence-corrected chi connectivity index (χ1v) is 5.86. The van der Waals surface area contributed by atoms with Gasteiger partial charge in [-0.15, -0.1) is 0 Å². The van der Waals surface area contributed by atoms with Crippen LogP contribution in [0.15, 0.2) is 24.5 Å². The minimum Gasteiger partial charge on any atom is -0.359 e. The monoisotopic (exact) mass is 245 g/mol. The lowest BCUT2D eigenvalue weighted by Gasteiger charge is -2.03. The summed E-state index contributed by atoms with van der Waals surface area (Å²) in [4.78, 5) is 26.4. The Kier molecular flexibility index (Phi) is 3.72. The van der Waals surface area contributed by atoms with E-state index in [4.69, 9.17) is 0 Å². The minimum atomic E-state index is 0.0232. The molecular weight excluding hydrogens is 230 g/mol. The van der Waals surface area contributed by atoms with E-state index in [0.29, 0.717) is 18.5 Å². The predicted octanol–water partition coefficient (Wildman–Crippen LogP) is 1.37.